The lowest BCUT2D eigenvalue weighted by Crippen LogP contribution is -2.23. The first-order chi connectivity index (χ1) is 9.47. The summed E-state index contributed by atoms with van der Waals surface area (Å²) in [4.78, 5) is 22.6. The van der Waals surface area contributed by atoms with Crippen LogP contribution < -0.4 is 5.32 Å². The predicted molar refractivity (Wildman–Crippen MR) is 73.0 cm³/mol. The molecule has 0 atom stereocenters. The number of aromatic carboxylic acids is 1. The van der Waals surface area contributed by atoms with Crippen LogP contribution in [0.25, 0.3) is 0 Å². The molecule has 2 N–H and O–H groups in total. The van der Waals surface area contributed by atoms with E-state index in [2.05, 4.69) is 5.32 Å². The van der Waals surface area contributed by atoms with Gasteiger partial charge in [-0.25, -0.2) is 4.79 Å². The van der Waals surface area contributed by atoms with Gasteiger partial charge in [0, 0.05) is 10.6 Å². The highest BCUT2D eigenvalue weighted by molar-refractivity contribution is 6.30. The van der Waals surface area contributed by atoms with E-state index < -0.39 is 5.97 Å². The maximum absolute atomic E-state index is 12.0. The van der Waals surface area contributed by atoms with Gasteiger partial charge in [-0.05, 0) is 42.8 Å². The first kappa shape index (κ1) is 14.1. The van der Waals surface area contributed by atoms with Crippen molar-refractivity contribution in [1.82, 2.24) is 5.32 Å². The van der Waals surface area contributed by atoms with Crippen molar-refractivity contribution in [1.29, 1.82) is 0 Å². The van der Waals surface area contributed by atoms with E-state index in [0.717, 1.165) is 5.56 Å². The summed E-state index contributed by atoms with van der Waals surface area (Å²) in [6, 6.07) is 7.83. The van der Waals surface area contributed by atoms with Crippen molar-refractivity contribution in [3.63, 3.8) is 0 Å². The van der Waals surface area contributed by atoms with Crippen LogP contribution in [0.5, 0.6) is 0 Å². The molecule has 0 aliphatic heterocycles. The molecule has 1 aromatic carbocycles. The fraction of sp³-hybridized carbons (Fsp3) is 0.143. The zero-order valence-electron chi connectivity index (χ0n) is 10.6. The number of aryl methyl sites for hydroxylation is 1. The van der Waals surface area contributed by atoms with Crippen LogP contribution in [0.3, 0.4) is 0 Å². The molecule has 1 aromatic heterocycles. The largest absolute Gasteiger partial charge is 0.475 e. The zero-order chi connectivity index (χ0) is 14.7. The smallest absolute Gasteiger partial charge is 0.371 e. The van der Waals surface area contributed by atoms with Gasteiger partial charge in [0.15, 0.2) is 0 Å². The van der Waals surface area contributed by atoms with Crippen LogP contribution in [0.2, 0.25) is 5.02 Å². The van der Waals surface area contributed by atoms with Crippen molar-refractivity contribution in [3.05, 3.63) is 58.0 Å². The fourth-order valence-electron chi connectivity index (χ4n) is 1.73. The van der Waals surface area contributed by atoms with Gasteiger partial charge in [-0.15, -0.1) is 0 Å². The van der Waals surface area contributed by atoms with Gasteiger partial charge >= 0.3 is 5.97 Å². The highest BCUT2D eigenvalue weighted by Crippen LogP contribution is 2.15. The number of hydrogen-bond acceptors (Lipinski definition) is 3. The molecule has 104 valence electrons. The molecule has 20 heavy (non-hydrogen) atoms. The van der Waals surface area contributed by atoms with Gasteiger partial charge in [0.1, 0.15) is 5.76 Å². The van der Waals surface area contributed by atoms with Crippen LogP contribution in [-0.2, 0) is 6.54 Å². The molecule has 0 aliphatic rings. The Kier molecular flexibility index (Phi) is 4.10. The summed E-state index contributed by atoms with van der Waals surface area (Å²) in [6.07, 6.45) is 0. The van der Waals surface area contributed by atoms with E-state index in [-0.39, 0.29) is 18.2 Å². The molecule has 0 bridgehead atoms. The van der Waals surface area contributed by atoms with Crippen molar-refractivity contribution in [2.45, 2.75) is 13.5 Å². The van der Waals surface area contributed by atoms with Crippen LogP contribution in [0.1, 0.15) is 32.2 Å². The van der Waals surface area contributed by atoms with E-state index >= 15 is 0 Å². The van der Waals surface area contributed by atoms with Gasteiger partial charge in [-0.3, -0.25) is 4.79 Å². The second-order valence-electron chi connectivity index (χ2n) is 4.21. The zero-order valence-corrected chi connectivity index (χ0v) is 11.4. The summed E-state index contributed by atoms with van der Waals surface area (Å²) in [5.41, 5.74) is 1.28. The summed E-state index contributed by atoms with van der Waals surface area (Å²) in [5.74, 6) is -1.19. The molecule has 0 aliphatic carbocycles. The first-order valence-electron chi connectivity index (χ1n) is 5.83. The summed E-state index contributed by atoms with van der Waals surface area (Å²) in [7, 11) is 0. The van der Waals surface area contributed by atoms with Crippen LogP contribution >= 0.6 is 11.6 Å². The summed E-state index contributed by atoms with van der Waals surface area (Å²) >= 11 is 5.82. The van der Waals surface area contributed by atoms with E-state index in [4.69, 9.17) is 21.1 Å². The quantitative estimate of drug-likeness (QED) is 0.908. The van der Waals surface area contributed by atoms with E-state index in [9.17, 15) is 9.59 Å². The third kappa shape index (κ3) is 3.19. The van der Waals surface area contributed by atoms with Crippen LogP contribution in [0, 0.1) is 6.92 Å². The van der Waals surface area contributed by atoms with Gasteiger partial charge < -0.3 is 14.8 Å². The average molecular weight is 294 g/mol. The SMILES string of the molecule is Cc1cc(Cl)ccc1C(=O)NCc1ccc(C(=O)O)o1. The van der Waals surface area contributed by atoms with Crippen molar-refractivity contribution < 1.29 is 19.1 Å². The second-order valence-corrected chi connectivity index (χ2v) is 4.65. The van der Waals surface area contributed by atoms with Crippen LogP contribution in [0.4, 0.5) is 0 Å². The number of furan rings is 1. The first-order valence-corrected chi connectivity index (χ1v) is 6.21. The number of amides is 1. The number of carbonyl (C=O) groups is 2. The van der Waals surface area contributed by atoms with E-state index in [1.807, 2.05) is 0 Å². The third-order valence-electron chi connectivity index (χ3n) is 2.73. The Labute approximate surface area is 120 Å². The number of halogens is 1. The standard InChI is InChI=1S/C14H12ClNO4/c1-8-6-9(15)2-4-11(8)13(17)16-7-10-3-5-12(20-10)14(18)19/h2-6H,7H2,1H3,(H,16,17)(H,18,19). The van der Waals surface area contributed by atoms with Gasteiger partial charge in [-0.2, -0.15) is 0 Å². The molecule has 6 heteroatoms. The minimum Gasteiger partial charge on any atom is -0.475 e. The second kappa shape index (κ2) is 5.79. The Hall–Kier alpha value is -2.27. The molecule has 1 amide bonds. The third-order valence-corrected chi connectivity index (χ3v) is 2.96. The van der Waals surface area contributed by atoms with Gasteiger partial charge in [0.05, 0.1) is 6.54 Å². The number of carboxylic acids is 1. The number of rotatable bonds is 4. The van der Waals surface area contributed by atoms with Gasteiger partial charge in [0.25, 0.3) is 5.91 Å². The molecule has 1 heterocycles. The molecule has 0 fully saturated rings. The Balaban J connectivity index is 2.02. The lowest BCUT2D eigenvalue weighted by molar-refractivity contribution is 0.0660. The van der Waals surface area contributed by atoms with Gasteiger partial charge in [0.2, 0.25) is 5.76 Å². The molecule has 5 nitrogen and oxygen atoms in total. The number of carboxylic acid groups (broad SMARTS) is 1. The van der Waals surface area contributed by atoms with E-state index in [0.29, 0.717) is 16.3 Å². The topological polar surface area (TPSA) is 79.5 Å². The predicted octanol–water partition coefficient (Wildman–Crippen LogP) is 2.87. The number of nitrogens with one attached hydrogen (secondary N) is 1. The highest BCUT2D eigenvalue weighted by Gasteiger charge is 2.12. The molecule has 0 saturated heterocycles. The van der Waals surface area contributed by atoms with Crippen molar-refractivity contribution >= 4 is 23.5 Å². The van der Waals surface area contributed by atoms with Crippen LogP contribution in [-0.4, -0.2) is 17.0 Å². The van der Waals surface area contributed by atoms with Crippen molar-refractivity contribution in [2.75, 3.05) is 0 Å². The number of carbonyl (C=O) groups excluding carboxylic acids is 1. The van der Waals surface area contributed by atoms with E-state index in [1.165, 1.54) is 12.1 Å². The Morgan fingerprint density at radius 3 is 2.65 bits per heavy atom. The molecule has 0 unspecified atom stereocenters. The fourth-order valence-corrected chi connectivity index (χ4v) is 1.96. The monoisotopic (exact) mass is 293 g/mol. The summed E-state index contributed by atoms with van der Waals surface area (Å²) in [6.45, 7) is 1.91. The maximum Gasteiger partial charge on any atom is 0.371 e. The van der Waals surface area contributed by atoms with Gasteiger partial charge in [-0.1, -0.05) is 11.6 Å². The molecular weight excluding hydrogens is 282 g/mol. The lowest BCUT2D eigenvalue weighted by Gasteiger charge is -2.06. The minimum atomic E-state index is -1.14. The number of hydrogen-bond donors (Lipinski definition) is 2. The minimum absolute atomic E-state index is 0.119. The molecule has 2 rings (SSSR count). The highest BCUT2D eigenvalue weighted by atomic mass is 35.5. The van der Waals surface area contributed by atoms with Crippen molar-refractivity contribution in [3.8, 4) is 0 Å². The normalized spacial score (nSPS) is 10.3. The number of benzene rings is 1. The molecule has 2 aromatic rings. The molecule has 0 saturated carbocycles. The van der Waals surface area contributed by atoms with Crippen LogP contribution in [0.15, 0.2) is 34.7 Å². The molecular formula is C14H12ClNO4. The average Bonchev–Trinajstić information content (AvgIpc) is 2.85. The lowest BCUT2D eigenvalue weighted by atomic mass is 10.1. The van der Waals surface area contributed by atoms with Crippen molar-refractivity contribution in [2.24, 2.45) is 0 Å². The Morgan fingerprint density at radius 1 is 1.30 bits per heavy atom. The molecule has 0 spiro atoms. The Bertz CT molecular complexity index is 663. The maximum atomic E-state index is 12.0. The summed E-state index contributed by atoms with van der Waals surface area (Å²) in [5, 5.41) is 11.9. The van der Waals surface area contributed by atoms with E-state index in [1.54, 1.807) is 25.1 Å². The molecule has 0 radical (unpaired) electrons. The summed E-state index contributed by atoms with van der Waals surface area (Å²) < 4.78 is 5.05. The Morgan fingerprint density at radius 2 is 2.05 bits per heavy atom.